The van der Waals surface area contributed by atoms with Crippen molar-refractivity contribution in [3.63, 3.8) is 0 Å². The second-order valence-electron chi connectivity index (χ2n) is 5.69. The van der Waals surface area contributed by atoms with Gasteiger partial charge in [-0.25, -0.2) is 9.97 Å². The monoisotopic (exact) mass is 335 g/mol. The molecule has 0 aliphatic carbocycles. The van der Waals surface area contributed by atoms with Gasteiger partial charge < -0.3 is 9.14 Å². The van der Waals surface area contributed by atoms with E-state index >= 15 is 0 Å². The Hall–Kier alpha value is -2.66. The molecule has 4 nitrogen and oxygen atoms in total. The third-order valence-electron chi connectivity index (χ3n) is 3.98. The van der Waals surface area contributed by atoms with Crippen molar-refractivity contribution < 1.29 is 4.74 Å². The SMILES string of the molecule is COc1cccc(-c2csc(Cc3cn4cccc(C)c4n3)n2)c1. The molecule has 0 aliphatic rings. The number of hydrogen-bond donors (Lipinski definition) is 0. The minimum atomic E-state index is 0.746. The highest BCUT2D eigenvalue weighted by Gasteiger charge is 2.09. The van der Waals surface area contributed by atoms with Gasteiger partial charge in [-0.2, -0.15) is 0 Å². The quantitative estimate of drug-likeness (QED) is 0.556. The summed E-state index contributed by atoms with van der Waals surface area (Å²) < 4.78 is 7.36. The Morgan fingerprint density at radius 1 is 1.17 bits per heavy atom. The molecule has 0 aliphatic heterocycles. The van der Waals surface area contributed by atoms with Crippen LogP contribution in [0.1, 0.15) is 16.3 Å². The van der Waals surface area contributed by atoms with Gasteiger partial charge in [-0.05, 0) is 30.7 Å². The van der Waals surface area contributed by atoms with E-state index < -0.39 is 0 Å². The second-order valence-corrected chi connectivity index (χ2v) is 6.63. The molecule has 0 fully saturated rings. The Morgan fingerprint density at radius 2 is 2.08 bits per heavy atom. The van der Waals surface area contributed by atoms with Crippen LogP contribution in [-0.4, -0.2) is 21.5 Å². The van der Waals surface area contributed by atoms with Crippen molar-refractivity contribution in [3.8, 4) is 17.0 Å². The highest BCUT2D eigenvalue weighted by Crippen LogP contribution is 2.26. The van der Waals surface area contributed by atoms with E-state index in [0.717, 1.165) is 39.8 Å². The Labute approximate surface area is 144 Å². The first-order chi connectivity index (χ1) is 11.7. The van der Waals surface area contributed by atoms with E-state index in [2.05, 4.69) is 35.0 Å². The van der Waals surface area contributed by atoms with Crippen LogP contribution in [-0.2, 0) is 6.42 Å². The van der Waals surface area contributed by atoms with Crippen LogP contribution < -0.4 is 4.74 Å². The average Bonchev–Trinajstić information content (AvgIpc) is 3.23. The van der Waals surface area contributed by atoms with Gasteiger partial charge in [0, 0.05) is 29.8 Å². The summed E-state index contributed by atoms with van der Waals surface area (Å²) in [6.45, 7) is 2.08. The summed E-state index contributed by atoms with van der Waals surface area (Å²) in [5, 5.41) is 3.15. The molecule has 0 unspecified atom stereocenters. The number of fused-ring (bicyclic) bond motifs is 1. The molecule has 0 amide bonds. The summed E-state index contributed by atoms with van der Waals surface area (Å²) in [5.74, 6) is 0.845. The molecular weight excluding hydrogens is 318 g/mol. The number of methoxy groups -OCH3 is 1. The molecule has 3 aromatic heterocycles. The Kier molecular flexibility index (Phi) is 3.78. The summed E-state index contributed by atoms with van der Waals surface area (Å²) in [5.41, 5.74) is 5.28. The first-order valence-corrected chi connectivity index (χ1v) is 8.63. The number of benzene rings is 1. The van der Waals surface area contributed by atoms with Gasteiger partial charge >= 0.3 is 0 Å². The predicted octanol–water partition coefficient (Wildman–Crippen LogP) is 4.37. The fourth-order valence-corrected chi connectivity index (χ4v) is 3.57. The summed E-state index contributed by atoms with van der Waals surface area (Å²) in [7, 11) is 1.68. The van der Waals surface area contributed by atoms with Gasteiger partial charge in [-0.1, -0.05) is 18.2 Å². The van der Waals surface area contributed by atoms with E-state index in [1.165, 1.54) is 5.56 Å². The lowest BCUT2D eigenvalue weighted by molar-refractivity contribution is 0.415. The molecular formula is C19H17N3OS. The van der Waals surface area contributed by atoms with Gasteiger partial charge in [0.15, 0.2) is 0 Å². The van der Waals surface area contributed by atoms with Crippen molar-refractivity contribution in [1.82, 2.24) is 14.4 Å². The largest absolute Gasteiger partial charge is 0.497 e. The molecule has 0 atom stereocenters. The zero-order valence-corrected chi connectivity index (χ0v) is 14.4. The molecule has 0 bridgehead atoms. The fraction of sp³-hybridized carbons (Fsp3) is 0.158. The van der Waals surface area contributed by atoms with Crippen LogP contribution >= 0.6 is 11.3 Å². The van der Waals surface area contributed by atoms with E-state index in [9.17, 15) is 0 Å². The molecule has 0 saturated carbocycles. The zero-order valence-electron chi connectivity index (χ0n) is 13.6. The summed E-state index contributed by atoms with van der Waals surface area (Å²) in [6.07, 6.45) is 4.85. The fourth-order valence-electron chi connectivity index (χ4n) is 2.75. The minimum absolute atomic E-state index is 0.746. The van der Waals surface area contributed by atoms with E-state index in [4.69, 9.17) is 14.7 Å². The van der Waals surface area contributed by atoms with Crippen LogP contribution in [0.5, 0.6) is 5.75 Å². The first-order valence-electron chi connectivity index (χ1n) is 7.75. The number of hydrogen-bond acceptors (Lipinski definition) is 4. The standard InChI is InChI=1S/C19H17N3OS/c1-13-5-4-8-22-11-15(20-19(13)22)10-18-21-17(12-24-18)14-6-3-7-16(9-14)23-2/h3-9,11-12H,10H2,1-2H3. The van der Waals surface area contributed by atoms with Gasteiger partial charge in [0.1, 0.15) is 11.4 Å². The molecule has 0 spiro atoms. The van der Waals surface area contributed by atoms with Gasteiger partial charge in [0.05, 0.1) is 23.5 Å². The molecule has 24 heavy (non-hydrogen) atoms. The van der Waals surface area contributed by atoms with Gasteiger partial charge in [0.25, 0.3) is 0 Å². The third kappa shape index (κ3) is 2.78. The first kappa shape index (κ1) is 14.9. The van der Waals surface area contributed by atoms with Crippen LogP contribution in [0, 0.1) is 6.92 Å². The average molecular weight is 335 g/mol. The number of pyridine rings is 1. The van der Waals surface area contributed by atoms with E-state index in [1.807, 2.05) is 30.5 Å². The molecule has 0 saturated heterocycles. The molecule has 0 radical (unpaired) electrons. The second kappa shape index (κ2) is 6.09. The van der Waals surface area contributed by atoms with Crippen molar-refractivity contribution in [2.45, 2.75) is 13.3 Å². The lowest BCUT2D eigenvalue weighted by atomic mass is 10.1. The lowest BCUT2D eigenvalue weighted by Crippen LogP contribution is -1.88. The van der Waals surface area contributed by atoms with Crippen molar-refractivity contribution >= 4 is 17.0 Å². The Bertz CT molecular complexity index is 1000. The predicted molar refractivity (Wildman–Crippen MR) is 96.8 cm³/mol. The maximum absolute atomic E-state index is 5.29. The molecule has 0 N–H and O–H groups in total. The Balaban J connectivity index is 1.61. The number of imidazole rings is 1. The number of ether oxygens (including phenoxy) is 1. The van der Waals surface area contributed by atoms with Crippen molar-refractivity contribution in [2.24, 2.45) is 0 Å². The highest BCUT2D eigenvalue weighted by molar-refractivity contribution is 7.10. The van der Waals surface area contributed by atoms with Gasteiger partial charge in [0.2, 0.25) is 0 Å². The number of thiazole rings is 1. The number of aromatic nitrogens is 3. The third-order valence-corrected chi connectivity index (χ3v) is 4.83. The van der Waals surface area contributed by atoms with Crippen LogP contribution in [0.4, 0.5) is 0 Å². The van der Waals surface area contributed by atoms with Crippen molar-refractivity contribution in [1.29, 1.82) is 0 Å². The normalized spacial score (nSPS) is 11.1. The summed E-state index contributed by atoms with van der Waals surface area (Å²) in [6, 6.07) is 12.1. The summed E-state index contributed by atoms with van der Waals surface area (Å²) in [4.78, 5) is 9.48. The van der Waals surface area contributed by atoms with E-state index in [1.54, 1.807) is 18.4 Å². The molecule has 4 aromatic rings. The maximum Gasteiger partial charge on any atom is 0.139 e. The van der Waals surface area contributed by atoms with Crippen LogP contribution in [0.2, 0.25) is 0 Å². The Morgan fingerprint density at radius 3 is 2.92 bits per heavy atom. The van der Waals surface area contributed by atoms with Gasteiger partial charge in [-0.3, -0.25) is 0 Å². The summed E-state index contributed by atoms with van der Waals surface area (Å²) >= 11 is 1.67. The van der Waals surface area contributed by atoms with E-state index in [0.29, 0.717) is 0 Å². The minimum Gasteiger partial charge on any atom is -0.497 e. The number of nitrogens with zero attached hydrogens (tertiary/aromatic N) is 3. The zero-order chi connectivity index (χ0) is 16.5. The lowest BCUT2D eigenvalue weighted by Gasteiger charge is -2.01. The highest BCUT2D eigenvalue weighted by atomic mass is 32.1. The van der Waals surface area contributed by atoms with Crippen molar-refractivity contribution in [2.75, 3.05) is 7.11 Å². The van der Waals surface area contributed by atoms with Gasteiger partial charge in [-0.15, -0.1) is 11.3 Å². The molecule has 3 heterocycles. The van der Waals surface area contributed by atoms with Crippen molar-refractivity contribution in [3.05, 3.63) is 70.4 Å². The van der Waals surface area contributed by atoms with Crippen LogP contribution in [0.25, 0.3) is 16.9 Å². The topological polar surface area (TPSA) is 39.4 Å². The molecule has 1 aromatic carbocycles. The molecule has 5 heteroatoms. The van der Waals surface area contributed by atoms with E-state index in [-0.39, 0.29) is 0 Å². The van der Waals surface area contributed by atoms with Crippen LogP contribution in [0.3, 0.4) is 0 Å². The van der Waals surface area contributed by atoms with Crippen LogP contribution in [0.15, 0.2) is 54.2 Å². The molecule has 4 rings (SSSR count). The number of rotatable bonds is 4. The maximum atomic E-state index is 5.29. The smallest absolute Gasteiger partial charge is 0.139 e. The number of aryl methyl sites for hydroxylation is 1. The molecule has 120 valence electrons.